The number of rotatable bonds is 13. The molecule has 22 heavy (non-hydrogen) atoms. The van der Waals surface area contributed by atoms with E-state index in [-0.39, 0.29) is 11.8 Å². The van der Waals surface area contributed by atoms with Crippen molar-refractivity contribution in [3.63, 3.8) is 0 Å². The number of benzene rings is 1. The quantitative estimate of drug-likeness (QED) is 0.316. The van der Waals surface area contributed by atoms with Crippen molar-refractivity contribution in [1.82, 2.24) is 0 Å². The molecule has 0 radical (unpaired) electrons. The summed E-state index contributed by atoms with van der Waals surface area (Å²) in [5.41, 5.74) is 1.93. The van der Waals surface area contributed by atoms with Gasteiger partial charge in [0.25, 0.3) is 0 Å². The van der Waals surface area contributed by atoms with E-state index in [0.29, 0.717) is 33.0 Å². The van der Waals surface area contributed by atoms with E-state index >= 15 is 0 Å². The zero-order valence-electron chi connectivity index (χ0n) is 13.2. The largest absolute Gasteiger partial charge is 0.381 e. The van der Waals surface area contributed by atoms with Crippen LogP contribution in [0.15, 0.2) is 24.3 Å². The minimum absolute atomic E-state index is 0.0945. The van der Waals surface area contributed by atoms with Crippen molar-refractivity contribution in [2.75, 3.05) is 39.1 Å². The number of carbonyl (C=O) groups is 1. The second kappa shape index (κ2) is 12.6. The smallest absolute Gasteiger partial charge is 0.159 e. The average Bonchev–Trinajstić information content (AvgIpc) is 2.53. The van der Waals surface area contributed by atoms with Crippen molar-refractivity contribution in [3.05, 3.63) is 35.4 Å². The summed E-state index contributed by atoms with van der Waals surface area (Å²) < 4.78 is 16.0. The summed E-state index contributed by atoms with van der Waals surface area (Å²) in [7, 11) is 0. The van der Waals surface area contributed by atoms with Gasteiger partial charge in [0.2, 0.25) is 0 Å². The zero-order chi connectivity index (χ0) is 16.0. The molecule has 0 bridgehead atoms. The number of ether oxygens (including phenoxy) is 3. The third-order valence-electron chi connectivity index (χ3n) is 3.13. The van der Waals surface area contributed by atoms with Crippen LogP contribution in [0.3, 0.4) is 0 Å². The third kappa shape index (κ3) is 9.15. The molecule has 0 saturated carbocycles. The fraction of sp³-hybridized carbons (Fsp3) is 0.588. The summed E-state index contributed by atoms with van der Waals surface area (Å²) in [6, 6.07) is 7.92. The molecule has 0 unspecified atom stereocenters. The highest BCUT2D eigenvalue weighted by Gasteiger charge is 1.99. The van der Waals surface area contributed by atoms with Crippen LogP contribution in [0.2, 0.25) is 0 Å². The Hall–Kier alpha value is -0.940. The van der Waals surface area contributed by atoms with Crippen molar-refractivity contribution in [1.29, 1.82) is 0 Å². The van der Waals surface area contributed by atoms with E-state index < -0.39 is 0 Å². The first-order chi connectivity index (χ1) is 10.7. The monoisotopic (exact) mass is 328 g/mol. The molecule has 5 heteroatoms. The highest BCUT2D eigenvalue weighted by molar-refractivity contribution is 6.17. The molecule has 0 saturated heterocycles. The Morgan fingerprint density at radius 1 is 0.909 bits per heavy atom. The Morgan fingerprint density at radius 2 is 1.45 bits per heavy atom. The van der Waals surface area contributed by atoms with Crippen molar-refractivity contribution >= 4 is 17.4 Å². The van der Waals surface area contributed by atoms with Crippen LogP contribution in [0.25, 0.3) is 0 Å². The maximum absolute atomic E-state index is 11.2. The molecular formula is C17H25ClO4. The maximum atomic E-state index is 11.2. The minimum atomic E-state index is 0.0945. The molecular weight excluding hydrogens is 304 g/mol. The second-order valence-electron chi connectivity index (χ2n) is 4.95. The Balaban J connectivity index is 1.94. The third-order valence-corrected chi connectivity index (χ3v) is 3.28. The number of Topliss-reactive ketones (excluding diaryl/α,β-unsaturated/α-hetero) is 1. The number of alkyl halides is 1. The molecule has 0 aliphatic heterocycles. The predicted molar refractivity (Wildman–Crippen MR) is 87.7 cm³/mol. The van der Waals surface area contributed by atoms with Gasteiger partial charge in [0, 0.05) is 25.4 Å². The van der Waals surface area contributed by atoms with Crippen molar-refractivity contribution in [2.24, 2.45) is 0 Å². The lowest BCUT2D eigenvalue weighted by Crippen LogP contribution is -2.06. The first kappa shape index (κ1) is 19.1. The molecule has 0 N–H and O–H groups in total. The summed E-state index contributed by atoms with van der Waals surface area (Å²) in [6.45, 7) is 4.99. The van der Waals surface area contributed by atoms with Crippen LogP contribution in [-0.2, 0) is 20.6 Å². The minimum Gasteiger partial charge on any atom is -0.381 e. The van der Waals surface area contributed by atoms with E-state index in [1.807, 2.05) is 24.3 Å². The lowest BCUT2D eigenvalue weighted by Gasteiger charge is -2.06. The van der Waals surface area contributed by atoms with E-state index in [1.165, 1.54) is 5.56 Å². The molecule has 0 aromatic heterocycles. The number of halogens is 1. The van der Waals surface area contributed by atoms with Crippen LogP contribution in [0, 0.1) is 0 Å². The van der Waals surface area contributed by atoms with E-state index in [1.54, 1.807) is 6.92 Å². The molecule has 0 fully saturated rings. The number of hydrogen-bond donors (Lipinski definition) is 0. The van der Waals surface area contributed by atoms with Crippen molar-refractivity contribution in [2.45, 2.75) is 26.2 Å². The van der Waals surface area contributed by atoms with Crippen molar-refractivity contribution < 1.29 is 19.0 Å². The molecule has 0 aliphatic rings. The van der Waals surface area contributed by atoms with Gasteiger partial charge < -0.3 is 14.2 Å². The van der Waals surface area contributed by atoms with Gasteiger partial charge in [0.15, 0.2) is 5.78 Å². The fourth-order valence-electron chi connectivity index (χ4n) is 1.88. The highest BCUT2D eigenvalue weighted by atomic mass is 35.5. The number of carbonyl (C=O) groups excluding carboxylic acids is 1. The van der Waals surface area contributed by atoms with Crippen LogP contribution in [0.4, 0.5) is 0 Å². The summed E-state index contributed by atoms with van der Waals surface area (Å²) in [6.07, 6.45) is 2.61. The van der Waals surface area contributed by atoms with Gasteiger partial charge in [-0.15, -0.1) is 0 Å². The van der Waals surface area contributed by atoms with Gasteiger partial charge >= 0.3 is 0 Å². The standard InChI is InChI=1S/C17H25ClO4/c1-15(19)17-6-4-16(5-7-17)8-13-21-11-2-9-20-10-3-12-22-14-18/h4-7H,2-3,8-14H2,1H3. The maximum Gasteiger partial charge on any atom is 0.159 e. The Labute approximate surface area is 137 Å². The predicted octanol–water partition coefficient (Wildman–Crippen LogP) is 3.46. The molecule has 0 aliphatic carbocycles. The topological polar surface area (TPSA) is 44.8 Å². The Morgan fingerprint density at radius 3 is 2.00 bits per heavy atom. The molecule has 0 heterocycles. The van der Waals surface area contributed by atoms with Gasteiger partial charge in [-0.3, -0.25) is 4.79 Å². The molecule has 124 valence electrons. The summed E-state index contributed by atoms with van der Waals surface area (Å²) in [4.78, 5) is 11.2. The summed E-state index contributed by atoms with van der Waals surface area (Å²) in [5, 5.41) is 0. The van der Waals surface area contributed by atoms with Gasteiger partial charge in [-0.25, -0.2) is 0 Å². The summed E-state index contributed by atoms with van der Waals surface area (Å²) in [5.74, 6) is 0.0945. The fourth-order valence-corrected chi connectivity index (χ4v) is 1.99. The van der Waals surface area contributed by atoms with Crippen LogP contribution in [0.1, 0.15) is 35.7 Å². The van der Waals surface area contributed by atoms with Crippen molar-refractivity contribution in [3.8, 4) is 0 Å². The normalized spacial score (nSPS) is 10.8. The van der Waals surface area contributed by atoms with Gasteiger partial charge in [-0.1, -0.05) is 35.9 Å². The number of ketones is 1. The van der Waals surface area contributed by atoms with Gasteiger partial charge in [0.1, 0.15) is 6.07 Å². The van der Waals surface area contributed by atoms with Crippen LogP contribution in [-0.4, -0.2) is 44.9 Å². The van der Waals surface area contributed by atoms with Crippen LogP contribution in [0.5, 0.6) is 0 Å². The Kier molecular flexibility index (Phi) is 10.9. The summed E-state index contributed by atoms with van der Waals surface area (Å²) >= 11 is 5.38. The molecule has 1 aromatic carbocycles. The molecule has 1 rings (SSSR count). The number of hydrogen-bond acceptors (Lipinski definition) is 4. The zero-order valence-corrected chi connectivity index (χ0v) is 13.9. The van der Waals surface area contributed by atoms with Crippen LogP contribution < -0.4 is 0 Å². The molecule has 0 spiro atoms. The van der Waals surface area contributed by atoms with Gasteiger partial charge in [0.05, 0.1) is 13.2 Å². The van der Waals surface area contributed by atoms with E-state index in [4.69, 9.17) is 25.8 Å². The second-order valence-corrected chi connectivity index (χ2v) is 5.17. The van der Waals surface area contributed by atoms with Crippen LogP contribution >= 0.6 is 11.6 Å². The first-order valence-electron chi connectivity index (χ1n) is 7.63. The average molecular weight is 329 g/mol. The molecule has 0 atom stereocenters. The van der Waals surface area contributed by atoms with Gasteiger partial charge in [-0.2, -0.15) is 0 Å². The lowest BCUT2D eigenvalue weighted by molar-refractivity contribution is 0.0706. The highest BCUT2D eigenvalue weighted by Crippen LogP contribution is 2.06. The van der Waals surface area contributed by atoms with Gasteiger partial charge in [-0.05, 0) is 31.7 Å². The lowest BCUT2D eigenvalue weighted by atomic mass is 10.1. The van der Waals surface area contributed by atoms with E-state index in [9.17, 15) is 4.79 Å². The molecule has 0 amide bonds. The van der Waals surface area contributed by atoms with E-state index in [2.05, 4.69) is 0 Å². The SMILES string of the molecule is CC(=O)c1ccc(CCOCCCOCCCOCCl)cc1. The molecule has 1 aromatic rings. The Bertz CT molecular complexity index is 406. The first-order valence-corrected chi connectivity index (χ1v) is 8.16. The van der Waals surface area contributed by atoms with E-state index in [0.717, 1.165) is 24.8 Å². The molecule has 4 nitrogen and oxygen atoms in total.